The van der Waals surface area contributed by atoms with E-state index in [9.17, 15) is 4.79 Å². The van der Waals surface area contributed by atoms with E-state index < -0.39 is 5.91 Å². The Morgan fingerprint density at radius 3 is 2.74 bits per heavy atom. The lowest BCUT2D eigenvalue weighted by Gasteiger charge is -2.10. The number of nitrogens with zero attached hydrogens (tertiary/aromatic N) is 1. The molecule has 5 N–H and O–H groups in total. The first-order valence-corrected chi connectivity index (χ1v) is 5.84. The zero-order chi connectivity index (χ0) is 14.0. The number of primary amides is 1. The monoisotopic (exact) mass is 260 g/mol. The third-order valence-electron chi connectivity index (χ3n) is 2.95. The summed E-state index contributed by atoms with van der Waals surface area (Å²) >= 11 is 0. The zero-order valence-electron chi connectivity index (χ0n) is 10.9. The van der Waals surface area contributed by atoms with Gasteiger partial charge in [0.25, 0.3) is 5.91 Å². The van der Waals surface area contributed by atoms with Crippen molar-refractivity contribution < 1.29 is 9.32 Å². The van der Waals surface area contributed by atoms with Gasteiger partial charge in [-0.15, -0.1) is 0 Å². The molecule has 1 amide bonds. The molecule has 0 radical (unpaired) electrons. The quantitative estimate of drug-likeness (QED) is 0.723. The van der Waals surface area contributed by atoms with E-state index in [-0.39, 0.29) is 0 Å². The molecule has 19 heavy (non-hydrogen) atoms. The van der Waals surface area contributed by atoms with E-state index in [1.807, 2.05) is 13.8 Å². The maximum Gasteiger partial charge on any atom is 0.250 e. The van der Waals surface area contributed by atoms with E-state index in [2.05, 4.69) is 10.5 Å². The van der Waals surface area contributed by atoms with Gasteiger partial charge in [-0.05, 0) is 32.0 Å². The summed E-state index contributed by atoms with van der Waals surface area (Å²) in [6, 6.07) is 4.92. The van der Waals surface area contributed by atoms with Crippen LogP contribution in [-0.4, -0.2) is 11.1 Å². The van der Waals surface area contributed by atoms with Crippen LogP contribution in [0.5, 0.6) is 0 Å². The Kier molecular flexibility index (Phi) is 3.41. The van der Waals surface area contributed by atoms with E-state index in [0.717, 1.165) is 17.0 Å². The molecule has 1 heterocycles. The van der Waals surface area contributed by atoms with Crippen LogP contribution in [0.1, 0.15) is 27.4 Å². The molecule has 0 unspecified atom stereocenters. The Labute approximate surface area is 110 Å². The molecule has 0 aliphatic rings. The van der Waals surface area contributed by atoms with Crippen LogP contribution in [0.4, 0.5) is 11.4 Å². The van der Waals surface area contributed by atoms with Gasteiger partial charge in [-0.25, -0.2) is 0 Å². The Morgan fingerprint density at radius 2 is 2.16 bits per heavy atom. The van der Waals surface area contributed by atoms with Crippen molar-refractivity contribution in [1.82, 2.24) is 5.16 Å². The minimum atomic E-state index is -0.499. The van der Waals surface area contributed by atoms with Gasteiger partial charge in [-0.2, -0.15) is 0 Å². The summed E-state index contributed by atoms with van der Waals surface area (Å²) in [5.41, 5.74) is 14.4. The van der Waals surface area contributed by atoms with Crippen molar-refractivity contribution in [3.8, 4) is 0 Å². The molecule has 6 heteroatoms. The molecule has 0 aliphatic carbocycles. The Morgan fingerprint density at radius 1 is 1.42 bits per heavy atom. The third-order valence-corrected chi connectivity index (χ3v) is 2.95. The number of amides is 1. The van der Waals surface area contributed by atoms with Gasteiger partial charge in [-0.3, -0.25) is 4.79 Å². The summed E-state index contributed by atoms with van der Waals surface area (Å²) in [5.74, 6) is 0.246. The number of nitrogens with one attached hydrogen (secondary N) is 1. The zero-order valence-corrected chi connectivity index (χ0v) is 10.9. The number of hydrogen-bond donors (Lipinski definition) is 3. The Balaban J connectivity index is 2.24. The average Bonchev–Trinajstić information content (AvgIpc) is 2.66. The predicted octanol–water partition coefficient (Wildman–Crippen LogP) is 1.58. The normalized spacial score (nSPS) is 10.4. The highest BCUT2D eigenvalue weighted by molar-refractivity contribution is 5.99. The second-order valence-corrected chi connectivity index (χ2v) is 4.33. The number of rotatable bonds is 4. The highest BCUT2D eigenvalue weighted by Crippen LogP contribution is 2.21. The van der Waals surface area contributed by atoms with Crippen molar-refractivity contribution in [1.29, 1.82) is 0 Å². The molecule has 2 rings (SSSR count). The van der Waals surface area contributed by atoms with Crippen molar-refractivity contribution >= 4 is 17.3 Å². The second-order valence-electron chi connectivity index (χ2n) is 4.33. The summed E-state index contributed by atoms with van der Waals surface area (Å²) in [5, 5.41) is 7.01. The molecule has 0 spiro atoms. The highest BCUT2D eigenvalue weighted by Gasteiger charge is 2.12. The highest BCUT2D eigenvalue weighted by atomic mass is 16.5. The van der Waals surface area contributed by atoms with Gasteiger partial charge in [0.05, 0.1) is 11.3 Å². The van der Waals surface area contributed by atoms with Crippen molar-refractivity contribution in [3.05, 3.63) is 40.8 Å². The third kappa shape index (κ3) is 2.67. The number of carbonyl (C=O) groups excluding carboxylic acids is 1. The van der Waals surface area contributed by atoms with Crippen molar-refractivity contribution in [2.75, 3.05) is 11.1 Å². The van der Waals surface area contributed by atoms with Crippen molar-refractivity contribution in [2.24, 2.45) is 5.73 Å². The minimum absolute atomic E-state index is 0.404. The van der Waals surface area contributed by atoms with E-state index >= 15 is 0 Å². The lowest BCUT2D eigenvalue weighted by atomic mass is 10.1. The topological polar surface area (TPSA) is 107 Å². The van der Waals surface area contributed by atoms with Crippen LogP contribution in [0, 0.1) is 13.8 Å². The molecular weight excluding hydrogens is 244 g/mol. The van der Waals surface area contributed by atoms with E-state index in [1.54, 1.807) is 18.2 Å². The Bertz CT molecular complexity index is 600. The molecule has 0 saturated carbocycles. The number of benzene rings is 1. The molecule has 100 valence electrons. The molecule has 1 aromatic heterocycles. The second kappa shape index (κ2) is 5.01. The van der Waals surface area contributed by atoms with Crippen molar-refractivity contribution in [2.45, 2.75) is 20.4 Å². The van der Waals surface area contributed by atoms with E-state index in [0.29, 0.717) is 23.5 Å². The first-order valence-electron chi connectivity index (χ1n) is 5.84. The average molecular weight is 260 g/mol. The summed E-state index contributed by atoms with van der Waals surface area (Å²) in [4.78, 5) is 11.3. The fourth-order valence-electron chi connectivity index (χ4n) is 1.86. The fraction of sp³-hybridized carbons (Fsp3) is 0.231. The number of anilines is 2. The maximum absolute atomic E-state index is 11.3. The van der Waals surface area contributed by atoms with E-state index in [1.165, 1.54) is 0 Å². The standard InChI is InChI=1S/C13H16N4O2/c1-7-11(8(2)19-17-7)6-16-12-5-9(14)3-4-10(12)13(15)18/h3-5,16H,6,14H2,1-2H3,(H2,15,18). The van der Waals surface area contributed by atoms with Crippen LogP contribution in [0.3, 0.4) is 0 Å². The smallest absolute Gasteiger partial charge is 0.250 e. The molecule has 0 atom stereocenters. The maximum atomic E-state index is 11.3. The van der Waals surface area contributed by atoms with Crippen LogP contribution in [0.25, 0.3) is 0 Å². The molecule has 6 nitrogen and oxygen atoms in total. The van der Waals surface area contributed by atoms with Crippen LogP contribution in [0.15, 0.2) is 22.7 Å². The lowest BCUT2D eigenvalue weighted by Crippen LogP contribution is -2.15. The summed E-state index contributed by atoms with van der Waals surface area (Å²) in [6.45, 7) is 4.19. The summed E-state index contributed by atoms with van der Waals surface area (Å²) in [6.07, 6.45) is 0. The molecule has 0 fully saturated rings. The number of carbonyl (C=O) groups is 1. The predicted molar refractivity (Wildman–Crippen MR) is 72.7 cm³/mol. The van der Waals surface area contributed by atoms with Crippen LogP contribution < -0.4 is 16.8 Å². The molecule has 2 aromatic rings. The van der Waals surface area contributed by atoms with Gasteiger partial charge in [0, 0.05) is 23.5 Å². The number of hydrogen-bond acceptors (Lipinski definition) is 5. The van der Waals surface area contributed by atoms with E-state index in [4.69, 9.17) is 16.0 Å². The van der Waals surface area contributed by atoms with Gasteiger partial charge in [0.2, 0.25) is 0 Å². The number of nitrogen functional groups attached to an aromatic ring is 1. The van der Waals surface area contributed by atoms with Crippen LogP contribution in [0.2, 0.25) is 0 Å². The first-order chi connectivity index (χ1) is 8.99. The number of aryl methyl sites for hydroxylation is 2. The first kappa shape index (κ1) is 12.9. The van der Waals surface area contributed by atoms with Gasteiger partial charge >= 0.3 is 0 Å². The SMILES string of the molecule is Cc1noc(C)c1CNc1cc(N)ccc1C(N)=O. The summed E-state index contributed by atoms with van der Waals surface area (Å²) < 4.78 is 5.08. The van der Waals surface area contributed by atoms with Crippen LogP contribution in [-0.2, 0) is 6.54 Å². The lowest BCUT2D eigenvalue weighted by molar-refractivity contribution is 0.100. The minimum Gasteiger partial charge on any atom is -0.399 e. The summed E-state index contributed by atoms with van der Waals surface area (Å²) in [7, 11) is 0. The fourth-order valence-corrected chi connectivity index (χ4v) is 1.86. The molecule has 1 aromatic carbocycles. The molecular formula is C13H16N4O2. The Hall–Kier alpha value is -2.50. The number of nitrogens with two attached hydrogens (primary N) is 2. The van der Waals surface area contributed by atoms with Gasteiger partial charge < -0.3 is 21.3 Å². The van der Waals surface area contributed by atoms with Gasteiger partial charge in [0.1, 0.15) is 5.76 Å². The largest absolute Gasteiger partial charge is 0.399 e. The molecule has 0 aliphatic heterocycles. The van der Waals surface area contributed by atoms with Gasteiger partial charge in [0.15, 0.2) is 0 Å². The number of aromatic nitrogens is 1. The van der Waals surface area contributed by atoms with Gasteiger partial charge in [-0.1, -0.05) is 5.16 Å². The molecule has 0 bridgehead atoms. The van der Waals surface area contributed by atoms with Crippen LogP contribution >= 0.6 is 0 Å². The van der Waals surface area contributed by atoms with Crippen molar-refractivity contribution in [3.63, 3.8) is 0 Å². The molecule has 0 saturated heterocycles.